The lowest BCUT2D eigenvalue weighted by atomic mass is 10.0. The van der Waals surface area contributed by atoms with Crippen LogP contribution in [0.2, 0.25) is 15.1 Å². The monoisotopic (exact) mass is 317 g/mol. The van der Waals surface area contributed by atoms with E-state index >= 15 is 0 Å². The molecule has 0 aliphatic heterocycles. The number of aromatic nitrogens is 1. The molecule has 2 aromatic rings. The smallest absolute Gasteiger partial charge is 0.336 e. The number of carboxylic acids is 1. The highest BCUT2D eigenvalue weighted by molar-refractivity contribution is 6.46. The molecule has 0 fully saturated rings. The van der Waals surface area contributed by atoms with Crippen molar-refractivity contribution in [1.29, 1.82) is 0 Å². The van der Waals surface area contributed by atoms with Crippen molar-refractivity contribution < 1.29 is 9.90 Å². The molecule has 0 aliphatic rings. The van der Waals surface area contributed by atoms with Crippen LogP contribution in [0.3, 0.4) is 0 Å². The van der Waals surface area contributed by atoms with Crippen molar-refractivity contribution in [2.75, 3.05) is 0 Å². The van der Waals surface area contributed by atoms with E-state index in [1.54, 1.807) is 0 Å². The fourth-order valence-corrected chi connectivity index (χ4v) is 2.38. The highest BCUT2D eigenvalue weighted by Crippen LogP contribution is 2.38. The van der Waals surface area contributed by atoms with Gasteiger partial charge in [-0.25, -0.2) is 4.79 Å². The molecule has 2 N–H and O–H groups in total. The number of hydrogen-bond donors (Lipinski definition) is 2. The fraction of sp³-hybridized carbons (Fsp3) is 0. The molecule has 2 rings (SSSR count). The largest absolute Gasteiger partial charge is 0.478 e. The predicted molar refractivity (Wildman–Crippen MR) is 74.5 cm³/mol. The van der Waals surface area contributed by atoms with Gasteiger partial charge in [-0.1, -0.05) is 34.8 Å². The van der Waals surface area contributed by atoms with E-state index in [1.807, 2.05) is 0 Å². The lowest BCUT2D eigenvalue weighted by Crippen LogP contribution is -2.14. The first-order valence-electron chi connectivity index (χ1n) is 5.02. The number of H-pyrrole nitrogens is 1. The molecule has 98 valence electrons. The third-order valence-electron chi connectivity index (χ3n) is 2.49. The van der Waals surface area contributed by atoms with Gasteiger partial charge in [0.25, 0.3) is 5.56 Å². The second-order valence-corrected chi connectivity index (χ2v) is 4.81. The van der Waals surface area contributed by atoms with E-state index in [4.69, 9.17) is 39.9 Å². The summed E-state index contributed by atoms with van der Waals surface area (Å²) in [5, 5.41) is 9.49. The summed E-state index contributed by atoms with van der Waals surface area (Å²) < 4.78 is 0. The Balaban J connectivity index is 2.91. The van der Waals surface area contributed by atoms with Gasteiger partial charge in [0.15, 0.2) is 0 Å². The lowest BCUT2D eigenvalue weighted by molar-refractivity contribution is 0.0697. The molecule has 0 radical (unpaired) electrons. The summed E-state index contributed by atoms with van der Waals surface area (Å²) in [6.45, 7) is 0. The summed E-state index contributed by atoms with van der Waals surface area (Å²) in [6, 6.07) is 4.17. The molecule has 0 unspecified atom stereocenters. The van der Waals surface area contributed by atoms with Gasteiger partial charge < -0.3 is 10.1 Å². The van der Waals surface area contributed by atoms with Crippen LogP contribution in [0.1, 0.15) is 10.4 Å². The normalized spacial score (nSPS) is 10.5. The SMILES string of the molecule is O=C(O)c1cc[nH]c(=O)c1-c1c(Cl)ccc(Cl)c1Cl. The zero-order chi connectivity index (χ0) is 14.2. The second-order valence-electron chi connectivity index (χ2n) is 3.62. The molecule has 1 heterocycles. The number of nitrogens with one attached hydrogen (secondary N) is 1. The van der Waals surface area contributed by atoms with Gasteiger partial charge in [0.2, 0.25) is 0 Å². The van der Waals surface area contributed by atoms with Crippen LogP contribution in [0.25, 0.3) is 11.1 Å². The second kappa shape index (κ2) is 5.25. The van der Waals surface area contributed by atoms with Crippen LogP contribution >= 0.6 is 34.8 Å². The van der Waals surface area contributed by atoms with Crippen LogP contribution in [-0.2, 0) is 0 Å². The van der Waals surface area contributed by atoms with E-state index in [0.717, 1.165) is 0 Å². The van der Waals surface area contributed by atoms with E-state index in [9.17, 15) is 9.59 Å². The summed E-state index contributed by atoms with van der Waals surface area (Å²) >= 11 is 17.9. The third kappa shape index (κ3) is 2.47. The number of pyridine rings is 1. The summed E-state index contributed by atoms with van der Waals surface area (Å²) in [5.41, 5.74) is -0.816. The number of rotatable bonds is 2. The van der Waals surface area contributed by atoms with Crippen LogP contribution in [0.4, 0.5) is 0 Å². The lowest BCUT2D eigenvalue weighted by Gasteiger charge is -2.10. The zero-order valence-electron chi connectivity index (χ0n) is 9.21. The van der Waals surface area contributed by atoms with Crippen molar-refractivity contribution in [3.8, 4) is 11.1 Å². The van der Waals surface area contributed by atoms with E-state index < -0.39 is 11.5 Å². The van der Waals surface area contributed by atoms with Gasteiger partial charge in [-0.15, -0.1) is 0 Å². The number of carboxylic acid groups (broad SMARTS) is 1. The number of halogens is 3. The van der Waals surface area contributed by atoms with Gasteiger partial charge in [0.05, 0.1) is 26.2 Å². The maximum atomic E-state index is 11.9. The first kappa shape index (κ1) is 13.9. The third-order valence-corrected chi connectivity index (χ3v) is 3.60. The molecular formula is C12H6Cl3NO3. The van der Waals surface area contributed by atoms with Crippen LogP contribution in [0, 0.1) is 0 Å². The van der Waals surface area contributed by atoms with E-state index in [1.165, 1.54) is 24.4 Å². The molecule has 19 heavy (non-hydrogen) atoms. The first-order valence-corrected chi connectivity index (χ1v) is 6.15. The minimum absolute atomic E-state index is 0.0355. The average molecular weight is 319 g/mol. The Morgan fingerprint density at radius 2 is 1.68 bits per heavy atom. The number of hydrogen-bond acceptors (Lipinski definition) is 2. The van der Waals surface area contributed by atoms with Crippen molar-refractivity contribution in [1.82, 2.24) is 4.98 Å². The van der Waals surface area contributed by atoms with Crippen LogP contribution in [-0.4, -0.2) is 16.1 Å². The molecule has 0 spiro atoms. The van der Waals surface area contributed by atoms with Crippen molar-refractivity contribution in [2.45, 2.75) is 0 Å². The molecule has 7 heteroatoms. The molecular weight excluding hydrogens is 312 g/mol. The van der Waals surface area contributed by atoms with Gasteiger partial charge >= 0.3 is 5.97 Å². The molecule has 0 saturated carbocycles. The maximum Gasteiger partial charge on any atom is 0.336 e. The Bertz CT molecular complexity index is 725. The Labute approximate surface area is 122 Å². The molecule has 4 nitrogen and oxygen atoms in total. The zero-order valence-corrected chi connectivity index (χ0v) is 11.5. The average Bonchev–Trinajstić information content (AvgIpc) is 2.36. The van der Waals surface area contributed by atoms with Crippen molar-refractivity contribution in [3.05, 3.63) is 55.4 Å². The molecule has 0 bridgehead atoms. The van der Waals surface area contributed by atoms with Gasteiger partial charge in [-0.3, -0.25) is 4.79 Å². The van der Waals surface area contributed by atoms with Crippen LogP contribution in [0.15, 0.2) is 29.2 Å². The molecule has 0 amide bonds. The number of carbonyl (C=O) groups is 1. The van der Waals surface area contributed by atoms with Gasteiger partial charge in [0.1, 0.15) is 0 Å². The predicted octanol–water partition coefficient (Wildman–Crippen LogP) is 3.70. The van der Waals surface area contributed by atoms with Gasteiger partial charge in [0, 0.05) is 11.8 Å². The summed E-state index contributed by atoms with van der Waals surface area (Å²) in [7, 11) is 0. The Morgan fingerprint density at radius 1 is 1.05 bits per heavy atom. The molecule has 1 aromatic heterocycles. The Morgan fingerprint density at radius 3 is 2.32 bits per heavy atom. The van der Waals surface area contributed by atoms with Gasteiger partial charge in [-0.05, 0) is 18.2 Å². The molecule has 0 aliphatic carbocycles. The van der Waals surface area contributed by atoms with Gasteiger partial charge in [-0.2, -0.15) is 0 Å². The number of aromatic amines is 1. The van der Waals surface area contributed by atoms with Crippen molar-refractivity contribution in [3.63, 3.8) is 0 Å². The highest BCUT2D eigenvalue weighted by Gasteiger charge is 2.21. The van der Waals surface area contributed by atoms with E-state index in [-0.39, 0.29) is 31.8 Å². The Kier molecular flexibility index (Phi) is 3.85. The summed E-state index contributed by atoms with van der Waals surface area (Å²) in [4.78, 5) is 25.5. The quantitative estimate of drug-likeness (QED) is 0.829. The van der Waals surface area contributed by atoms with Crippen molar-refractivity contribution >= 4 is 40.8 Å². The number of aromatic carboxylic acids is 1. The van der Waals surface area contributed by atoms with Crippen LogP contribution in [0.5, 0.6) is 0 Å². The molecule has 0 saturated heterocycles. The minimum Gasteiger partial charge on any atom is -0.478 e. The molecule has 1 aromatic carbocycles. The van der Waals surface area contributed by atoms with E-state index in [0.29, 0.717) is 0 Å². The highest BCUT2D eigenvalue weighted by atomic mass is 35.5. The minimum atomic E-state index is -1.26. The first-order chi connectivity index (χ1) is 8.93. The van der Waals surface area contributed by atoms with Crippen molar-refractivity contribution in [2.24, 2.45) is 0 Å². The summed E-state index contributed by atoms with van der Waals surface area (Å²) in [5.74, 6) is -1.26. The standard InChI is InChI=1S/C12H6Cl3NO3/c13-6-1-2-7(14)10(15)9(6)8-5(12(18)19)3-4-16-11(8)17/h1-4H,(H,16,17)(H,18,19). The Hall–Kier alpha value is -1.49. The fourth-order valence-electron chi connectivity index (χ4n) is 1.66. The molecule has 0 atom stereocenters. The van der Waals surface area contributed by atoms with Crippen LogP contribution < -0.4 is 5.56 Å². The maximum absolute atomic E-state index is 11.9. The van der Waals surface area contributed by atoms with E-state index in [2.05, 4.69) is 4.98 Å². The summed E-state index contributed by atoms with van der Waals surface area (Å²) in [6.07, 6.45) is 1.24. The topological polar surface area (TPSA) is 70.2 Å². The number of benzene rings is 1.